The molecule has 1 N–H and O–H groups in total. The van der Waals surface area contributed by atoms with E-state index in [-0.39, 0.29) is 0 Å². The number of aromatic nitrogens is 1. The van der Waals surface area contributed by atoms with Crippen LogP contribution in [0, 0.1) is 0 Å². The number of fused-ring (bicyclic) bond motifs is 1. The van der Waals surface area contributed by atoms with E-state index in [9.17, 15) is 0 Å². The van der Waals surface area contributed by atoms with Crippen molar-refractivity contribution in [3.63, 3.8) is 0 Å². The smallest absolute Gasteiger partial charge is 0.0702 e. The molecule has 3 heteroatoms. The van der Waals surface area contributed by atoms with Gasteiger partial charge in [0.15, 0.2) is 0 Å². The summed E-state index contributed by atoms with van der Waals surface area (Å²) in [6.45, 7) is 0.498. The van der Waals surface area contributed by atoms with Crippen molar-refractivity contribution in [1.82, 2.24) is 10.0 Å². The molecule has 0 amide bonds. The Labute approximate surface area is 82.6 Å². The maximum absolute atomic E-state index is 9.08. The van der Waals surface area contributed by atoms with Gasteiger partial charge >= 0.3 is 0 Å². The van der Waals surface area contributed by atoms with Gasteiger partial charge in [0.25, 0.3) is 0 Å². The number of nitrogens with zero attached hydrogens (tertiary/aromatic N) is 2. The van der Waals surface area contributed by atoms with Crippen molar-refractivity contribution in [2.24, 2.45) is 0 Å². The highest BCUT2D eigenvalue weighted by molar-refractivity contribution is 5.78. The summed E-state index contributed by atoms with van der Waals surface area (Å²) >= 11 is 0. The SMILES string of the molecule is CN(O)Cc1cnc2ccccc2c1. The highest BCUT2D eigenvalue weighted by atomic mass is 16.5. The fourth-order valence-corrected chi connectivity index (χ4v) is 1.47. The maximum Gasteiger partial charge on any atom is 0.0702 e. The van der Waals surface area contributed by atoms with Gasteiger partial charge in [0.05, 0.1) is 12.1 Å². The zero-order chi connectivity index (χ0) is 9.97. The lowest BCUT2D eigenvalue weighted by Crippen LogP contribution is -2.11. The van der Waals surface area contributed by atoms with Crippen LogP contribution in [0.15, 0.2) is 36.5 Å². The summed E-state index contributed by atoms with van der Waals surface area (Å²) < 4.78 is 0. The third-order valence-corrected chi connectivity index (χ3v) is 2.06. The van der Waals surface area contributed by atoms with Gasteiger partial charge in [0, 0.05) is 18.6 Å². The van der Waals surface area contributed by atoms with Crippen LogP contribution in [0.1, 0.15) is 5.56 Å². The largest absolute Gasteiger partial charge is 0.314 e. The van der Waals surface area contributed by atoms with Crippen LogP contribution >= 0.6 is 0 Å². The Morgan fingerprint density at radius 2 is 2.14 bits per heavy atom. The second kappa shape index (κ2) is 3.74. The van der Waals surface area contributed by atoms with Crippen molar-refractivity contribution in [1.29, 1.82) is 0 Å². The fraction of sp³-hybridized carbons (Fsp3) is 0.182. The van der Waals surface area contributed by atoms with Gasteiger partial charge in [-0.3, -0.25) is 4.98 Å². The average Bonchev–Trinajstić information content (AvgIpc) is 2.17. The first kappa shape index (κ1) is 9.12. The number of hydrogen-bond acceptors (Lipinski definition) is 3. The molecule has 0 aliphatic heterocycles. The highest BCUT2D eigenvalue weighted by Gasteiger charge is 1.98. The van der Waals surface area contributed by atoms with Crippen LogP contribution in [-0.2, 0) is 6.54 Å². The predicted octanol–water partition coefficient (Wildman–Crippen LogP) is 2.06. The minimum atomic E-state index is 0.498. The van der Waals surface area contributed by atoms with E-state index in [4.69, 9.17) is 5.21 Å². The minimum absolute atomic E-state index is 0.498. The molecular formula is C11H12N2O. The summed E-state index contributed by atoms with van der Waals surface area (Å²) in [7, 11) is 1.62. The standard InChI is InChI=1S/C11H12N2O/c1-13(14)8-9-6-10-4-2-3-5-11(10)12-7-9/h2-7,14H,8H2,1H3. The molecule has 0 bridgehead atoms. The molecule has 0 fully saturated rings. The van der Waals surface area contributed by atoms with E-state index >= 15 is 0 Å². The van der Waals surface area contributed by atoms with Crippen LogP contribution in [0.5, 0.6) is 0 Å². The van der Waals surface area contributed by atoms with Crippen molar-refractivity contribution >= 4 is 10.9 Å². The number of para-hydroxylation sites is 1. The molecule has 0 radical (unpaired) electrons. The Bertz CT molecular complexity index is 440. The molecule has 0 saturated carbocycles. The van der Waals surface area contributed by atoms with Crippen molar-refractivity contribution in [2.75, 3.05) is 7.05 Å². The molecule has 3 nitrogen and oxygen atoms in total. The quantitative estimate of drug-likeness (QED) is 0.733. The van der Waals surface area contributed by atoms with E-state index < -0.39 is 0 Å². The van der Waals surface area contributed by atoms with Crippen LogP contribution in [0.25, 0.3) is 10.9 Å². The lowest BCUT2D eigenvalue weighted by molar-refractivity contribution is -0.0731. The van der Waals surface area contributed by atoms with Crippen LogP contribution in [0.2, 0.25) is 0 Å². The molecule has 0 aliphatic rings. The van der Waals surface area contributed by atoms with Crippen LogP contribution in [-0.4, -0.2) is 22.3 Å². The molecule has 0 unspecified atom stereocenters. The van der Waals surface area contributed by atoms with E-state index in [0.29, 0.717) is 6.54 Å². The molecular weight excluding hydrogens is 176 g/mol. The van der Waals surface area contributed by atoms with Crippen molar-refractivity contribution in [3.8, 4) is 0 Å². The molecule has 2 aromatic rings. The molecule has 72 valence electrons. The summed E-state index contributed by atoms with van der Waals surface area (Å²) in [4.78, 5) is 4.30. The Kier molecular flexibility index (Phi) is 2.43. The average molecular weight is 188 g/mol. The maximum atomic E-state index is 9.08. The first-order valence-corrected chi connectivity index (χ1v) is 4.49. The van der Waals surface area contributed by atoms with Gasteiger partial charge in [-0.05, 0) is 17.7 Å². The van der Waals surface area contributed by atoms with Crippen LogP contribution in [0.4, 0.5) is 0 Å². The zero-order valence-corrected chi connectivity index (χ0v) is 8.01. The molecule has 14 heavy (non-hydrogen) atoms. The number of benzene rings is 1. The molecule has 0 spiro atoms. The number of pyridine rings is 1. The molecule has 1 heterocycles. The summed E-state index contributed by atoms with van der Waals surface area (Å²) in [5.41, 5.74) is 1.99. The van der Waals surface area contributed by atoms with Gasteiger partial charge in [0.2, 0.25) is 0 Å². The van der Waals surface area contributed by atoms with E-state index in [0.717, 1.165) is 21.5 Å². The third kappa shape index (κ3) is 1.89. The Morgan fingerprint density at radius 3 is 2.93 bits per heavy atom. The second-order valence-corrected chi connectivity index (χ2v) is 3.35. The molecule has 0 atom stereocenters. The number of hydroxylamine groups is 2. The van der Waals surface area contributed by atoms with Gasteiger partial charge in [-0.1, -0.05) is 18.2 Å². The number of hydrogen-bond donors (Lipinski definition) is 1. The van der Waals surface area contributed by atoms with Crippen LogP contribution in [0.3, 0.4) is 0 Å². The van der Waals surface area contributed by atoms with Gasteiger partial charge in [-0.15, -0.1) is 0 Å². The first-order valence-electron chi connectivity index (χ1n) is 4.49. The first-order chi connectivity index (χ1) is 6.75. The van der Waals surface area contributed by atoms with Crippen molar-refractivity contribution in [3.05, 3.63) is 42.1 Å². The molecule has 1 aromatic heterocycles. The van der Waals surface area contributed by atoms with E-state index in [2.05, 4.69) is 4.98 Å². The van der Waals surface area contributed by atoms with E-state index in [1.54, 1.807) is 13.2 Å². The third-order valence-electron chi connectivity index (χ3n) is 2.06. The summed E-state index contributed by atoms with van der Waals surface area (Å²) in [6.07, 6.45) is 1.79. The molecule has 1 aromatic carbocycles. The lowest BCUT2D eigenvalue weighted by atomic mass is 10.1. The number of rotatable bonds is 2. The normalized spacial score (nSPS) is 11.1. The molecule has 2 rings (SSSR count). The topological polar surface area (TPSA) is 36.4 Å². The lowest BCUT2D eigenvalue weighted by Gasteiger charge is -2.07. The monoisotopic (exact) mass is 188 g/mol. The molecule has 0 saturated heterocycles. The second-order valence-electron chi connectivity index (χ2n) is 3.35. The van der Waals surface area contributed by atoms with Crippen molar-refractivity contribution < 1.29 is 5.21 Å². The van der Waals surface area contributed by atoms with Gasteiger partial charge in [0.1, 0.15) is 0 Å². The Hall–Kier alpha value is -1.45. The van der Waals surface area contributed by atoms with Gasteiger partial charge < -0.3 is 5.21 Å². The summed E-state index contributed by atoms with van der Waals surface area (Å²) in [5.74, 6) is 0. The van der Waals surface area contributed by atoms with Crippen LogP contribution < -0.4 is 0 Å². The Morgan fingerprint density at radius 1 is 1.36 bits per heavy atom. The molecule has 0 aliphatic carbocycles. The Balaban J connectivity index is 2.41. The predicted molar refractivity (Wildman–Crippen MR) is 55.0 cm³/mol. The van der Waals surface area contributed by atoms with Gasteiger partial charge in [-0.2, -0.15) is 5.06 Å². The summed E-state index contributed by atoms with van der Waals surface area (Å²) in [5, 5.41) is 11.3. The zero-order valence-electron chi connectivity index (χ0n) is 8.01. The fourth-order valence-electron chi connectivity index (χ4n) is 1.47. The summed E-state index contributed by atoms with van der Waals surface area (Å²) in [6, 6.07) is 9.98. The van der Waals surface area contributed by atoms with Gasteiger partial charge in [-0.25, -0.2) is 0 Å². The highest BCUT2D eigenvalue weighted by Crippen LogP contribution is 2.13. The van der Waals surface area contributed by atoms with E-state index in [1.165, 1.54) is 0 Å². The van der Waals surface area contributed by atoms with E-state index in [1.807, 2.05) is 30.3 Å². The van der Waals surface area contributed by atoms with Crippen molar-refractivity contribution in [2.45, 2.75) is 6.54 Å². The minimum Gasteiger partial charge on any atom is -0.314 e.